The molecule has 0 bridgehead atoms. The molecule has 0 amide bonds. The van der Waals surface area contributed by atoms with E-state index in [1.807, 2.05) is 0 Å². The lowest BCUT2D eigenvalue weighted by Gasteiger charge is -2.03. The van der Waals surface area contributed by atoms with Gasteiger partial charge in [0.05, 0.1) is 6.61 Å². The maximum absolute atomic E-state index is 10.1. The standard InChI is InChI=1S/C15H21IO3/c16-14-10-8-13(9-11-14)7-5-3-1-2-4-6-12-19-15(17)18/h8-11H,1-7,12H2,(H,17,18). The van der Waals surface area contributed by atoms with Gasteiger partial charge in [-0.2, -0.15) is 0 Å². The van der Waals surface area contributed by atoms with Gasteiger partial charge < -0.3 is 9.84 Å². The number of hydrogen-bond acceptors (Lipinski definition) is 2. The zero-order chi connectivity index (χ0) is 13.9. The zero-order valence-corrected chi connectivity index (χ0v) is 13.3. The predicted molar refractivity (Wildman–Crippen MR) is 84.5 cm³/mol. The highest BCUT2D eigenvalue weighted by molar-refractivity contribution is 14.1. The normalized spacial score (nSPS) is 10.4. The number of halogens is 1. The summed E-state index contributed by atoms with van der Waals surface area (Å²) in [5.41, 5.74) is 1.41. The lowest BCUT2D eigenvalue weighted by molar-refractivity contribution is 0.0899. The van der Waals surface area contributed by atoms with Gasteiger partial charge in [0.2, 0.25) is 0 Å². The molecule has 0 heterocycles. The van der Waals surface area contributed by atoms with E-state index < -0.39 is 6.16 Å². The molecule has 0 aliphatic carbocycles. The first-order chi connectivity index (χ1) is 9.18. The van der Waals surface area contributed by atoms with Crippen LogP contribution in [0, 0.1) is 3.57 Å². The summed E-state index contributed by atoms with van der Waals surface area (Å²) in [6.45, 7) is 0.331. The molecule has 1 aromatic carbocycles. The number of benzene rings is 1. The Morgan fingerprint density at radius 1 is 1.00 bits per heavy atom. The van der Waals surface area contributed by atoms with Crippen molar-refractivity contribution in [3.63, 3.8) is 0 Å². The molecular formula is C15H21IO3. The Balaban J connectivity index is 1.91. The number of hydrogen-bond donors (Lipinski definition) is 1. The number of carboxylic acid groups (broad SMARTS) is 1. The third kappa shape index (κ3) is 8.86. The van der Waals surface area contributed by atoms with Crippen LogP contribution in [0.3, 0.4) is 0 Å². The second kappa shape index (κ2) is 10.1. The minimum absolute atomic E-state index is 0.331. The summed E-state index contributed by atoms with van der Waals surface area (Å²) in [5, 5.41) is 8.29. The summed E-state index contributed by atoms with van der Waals surface area (Å²) in [6.07, 6.45) is 6.72. The van der Waals surface area contributed by atoms with E-state index in [-0.39, 0.29) is 0 Å². The first-order valence-corrected chi connectivity index (χ1v) is 7.86. The first kappa shape index (κ1) is 16.3. The Hall–Kier alpha value is -0.780. The van der Waals surface area contributed by atoms with Crippen molar-refractivity contribution in [1.82, 2.24) is 0 Å². The van der Waals surface area contributed by atoms with Crippen molar-refractivity contribution < 1.29 is 14.6 Å². The highest BCUT2D eigenvalue weighted by Crippen LogP contribution is 2.12. The van der Waals surface area contributed by atoms with Gasteiger partial charge in [-0.1, -0.05) is 37.8 Å². The van der Waals surface area contributed by atoms with Gasteiger partial charge in [-0.3, -0.25) is 0 Å². The molecule has 0 atom stereocenters. The molecule has 0 aliphatic rings. The van der Waals surface area contributed by atoms with E-state index in [0.29, 0.717) is 6.61 Å². The largest absolute Gasteiger partial charge is 0.505 e. The molecule has 1 N–H and O–H groups in total. The second-order valence-corrected chi connectivity index (χ2v) is 5.86. The lowest BCUT2D eigenvalue weighted by atomic mass is 10.1. The first-order valence-electron chi connectivity index (χ1n) is 6.78. The van der Waals surface area contributed by atoms with Crippen LogP contribution in [-0.4, -0.2) is 17.9 Å². The second-order valence-electron chi connectivity index (χ2n) is 4.61. The predicted octanol–water partition coefficient (Wildman–Crippen LogP) is 4.87. The molecule has 0 radical (unpaired) electrons. The van der Waals surface area contributed by atoms with Crippen LogP contribution in [0.5, 0.6) is 0 Å². The number of carbonyl (C=O) groups is 1. The molecule has 106 valence electrons. The number of rotatable bonds is 9. The SMILES string of the molecule is O=C(O)OCCCCCCCCc1ccc(I)cc1. The molecule has 0 aliphatic heterocycles. The minimum Gasteiger partial charge on any atom is -0.450 e. The quantitative estimate of drug-likeness (QED) is 0.380. The van der Waals surface area contributed by atoms with Crippen LogP contribution in [0.4, 0.5) is 4.79 Å². The Kier molecular flexibility index (Phi) is 8.62. The van der Waals surface area contributed by atoms with Crippen molar-refractivity contribution >= 4 is 28.7 Å². The smallest absolute Gasteiger partial charge is 0.450 e. The van der Waals surface area contributed by atoms with Gasteiger partial charge in [0.15, 0.2) is 0 Å². The Morgan fingerprint density at radius 2 is 1.58 bits per heavy atom. The van der Waals surface area contributed by atoms with Crippen LogP contribution in [0.15, 0.2) is 24.3 Å². The maximum Gasteiger partial charge on any atom is 0.505 e. The summed E-state index contributed by atoms with van der Waals surface area (Å²) in [5.74, 6) is 0. The van der Waals surface area contributed by atoms with Gasteiger partial charge in [-0.25, -0.2) is 4.79 Å². The molecule has 3 nitrogen and oxygen atoms in total. The molecule has 0 aromatic heterocycles. The monoisotopic (exact) mass is 376 g/mol. The molecule has 1 rings (SSSR count). The van der Waals surface area contributed by atoms with Gasteiger partial charge in [0.25, 0.3) is 0 Å². The summed E-state index contributed by atoms with van der Waals surface area (Å²) in [7, 11) is 0. The van der Waals surface area contributed by atoms with Crippen molar-refractivity contribution in [2.75, 3.05) is 6.61 Å². The molecule has 0 unspecified atom stereocenters. The van der Waals surface area contributed by atoms with Crippen molar-refractivity contribution in [1.29, 1.82) is 0 Å². The highest BCUT2D eigenvalue weighted by Gasteiger charge is 1.97. The average Bonchev–Trinajstić information content (AvgIpc) is 2.38. The molecule has 19 heavy (non-hydrogen) atoms. The molecule has 1 aromatic rings. The molecular weight excluding hydrogens is 355 g/mol. The van der Waals surface area contributed by atoms with E-state index in [1.165, 1.54) is 28.4 Å². The van der Waals surface area contributed by atoms with E-state index >= 15 is 0 Å². The van der Waals surface area contributed by atoms with Crippen molar-refractivity contribution in [3.8, 4) is 0 Å². The third-order valence-electron chi connectivity index (χ3n) is 3.00. The topological polar surface area (TPSA) is 46.5 Å². The van der Waals surface area contributed by atoms with E-state index in [9.17, 15) is 4.79 Å². The lowest BCUT2D eigenvalue weighted by Crippen LogP contribution is -2.01. The zero-order valence-electron chi connectivity index (χ0n) is 11.1. The average molecular weight is 376 g/mol. The van der Waals surface area contributed by atoms with E-state index in [1.54, 1.807) is 0 Å². The van der Waals surface area contributed by atoms with Gasteiger partial charge in [0.1, 0.15) is 0 Å². The Morgan fingerprint density at radius 3 is 2.21 bits per heavy atom. The van der Waals surface area contributed by atoms with Crippen LogP contribution < -0.4 is 0 Å². The fourth-order valence-electron chi connectivity index (χ4n) is 1.95. The maximum atomic E-state index is 10.1. The number of aryl methyl sites for hydroxylation is 1. The van der Waals surface area contributed by atoms with Crippen LogP contribution in [0.2, 0.25) is 0 Å². The Labute approximate surface area is 128 Å². The minimum atomic E-state index is -1.17. The summed E-state index contributed by atoms with van der Waals surface area (Å²) in [6, 6.07) is 8.70. The van der Waals surface area contributed by atoms with Crippen molar-refractivity contribution in [2.24, 2.45) is 0 Å². The molecule has 0 saturated heterocycles. The fourth-order valence-corrected chi connectivity index (χ4v) is 2.31. The summed E-state index contributed by atoms with van der Waals surface area (Å²) >= 11 is 2.32. The van der Waals surface area contributed by atoms with Gasteiger partial charge in [-0.15, -0.1) is 0 Å². The molecule has 0 spiro atoms. The number of unbranched alkanes of at least 4 members (excludes halogenated alkanes) is 5. The molecule has 4 heteroatoms. The molecule has 0 fully saturated rings. The summed E-state index contributed by atoms with van der Waals surface area (Å²) in [4.78, 5) is 10.1. The van der Waals surface area contributed by atoms with Crippen LogP contribution in [-0.2, 0) is 11.2 Å². The fraction of sp³-hybridized carbons (Fsp3) is 0.533. The van der Waals surface area contributed by atoms with E-state index in [2.05, 4.69) is 51.6 Å². The molecule has 0 saturated carbocycles. The van der Waals surface area contributed by atoms with Crippen LogP contribution >= 0.6 is 22.6 Å². The van der Waals surface area contributed by atoms with Gasteiger partial charge in [0, 0.05) is 3.57 Å². The van der Waals surface area contributed by atoms with Crippen LogP contribution in [0.1, 0.15) is 44.1 Å². The Bertz CT molecular complexity index is 362. The summed E-state index contributed by atoms with van der Waals surface area (Å²) < 4.78 is 5.74. The number of ether oxygens (including phenoxy) is 1. The third-order valence-corrected chi connectivity index (χ3v) is 3.72. The highest BCUT2D eigenvalue weighted by atomic mass is 127. The van der Waals surface area contributed by atoms with Crippen molar-refractivity contribution in [2.45, 2.75) is 44.9 Å². The van der Waals surface area contributed by atoms with Gasteiger partial charge in [-0.05, 0) is 59.5 Å². The van der Waals surface area contributed by atoms with E-state index in [4.69, 9.17) is 5.11 Å². The van der Waals surface area contributed by atoms with Crippen LogP contribution in [0.25, 0.3) is 0 Å². The van der Waals surface area contributed by atoms with Crippen molar-refractivity contribution in [3.05, 3.63) is 33.4 Å². The van der Waals surface area contributed by atoms with E-state index in [0.717, 1.165) is 25.7 Å². The van der Waals surface area contributed by atoms with Gasteiger partial charge >= 0.3 is 6.16 Å².